The first-order valence-corrected chi connectivity index (χ1v) is 6.82. The molecule has 0 radical (unpaired) electrons. The van der Waals surface area contributed by atoms with E-state index in [2.05, 4.69) is 0 Å². The smallest absolute Gasteiger partial charge is 0.207 e. The summed E-state index contributed by atoms with van der Waals surface area (Å²) in [6.45, 7) is -1.52. The van der Waals surface area contributed by atoms with Gasteiger partial charge in [-0.2, -0.15) is 17.5 Å². The maximum absolute atomic E-state index is 12.1. The van der Waals surface area contributed by atoms with Crippen LogP contribution in [0, 0.1) is 0 Å². The van der Waals surface area contributed by atoms with Crippen LogP contribution in [0.15, 0.2) is 29.2 Å². The summed E-state index contributed by atoms with van der Waals surface area (Å²) in [6.07, 6.45) is -4.57. The fourth-order valence-electron chi connectivity index (χ4n) is 1.27. The summed E-state index contributed by atoms with van der Waals surface area (Å²) >= 11 is 5.53. The van der Waals surface area contributed by atoms with Gasteiger partial charge in [0.2, 0.25) is 10.0 Å². The van der Waals surface area contributed by atoms with Crippen molar-refractivity contribution in [2.24, 2.45) is 0 Å². The molecule has 0 heterocycles. The Kier molecular flexibility index (Phi) is 4.63. The molecule has 0 saturated carbocycles. The van der Waals surface area contributed by atoms with Gasteiger partial charge in [0, 0.05) is 12.9 Å². The zero-order valence-corrected chi connectivity index (χ0v) is 11.0. The van der Waals surface area contributed by atoms with E-state index in [0.717, 1.165) is 7.05 Å². The van der Waals surface area contributed by atoms with Gasteiger partial charge in [-0.25, -0.2) is 8.42 Å². The minimum Gasteiger partial charge on any atom is -0.207 e. The van der Waals surface area contributed by atoms with Crippen molar-refractivity contribution < 1.29 is 21.6 Å². The summed E-state index contributed by atoms with van der Waals surface area (Å²) in [4.78, 5) is -0.192. The highest BCUT2D eigenvalue weighted by molar-refractivity contribution is 7.89. The van der Waals surface area contributed by atoms with Gasteiger partial charge in [-0.1, -0.05) is 12.1 Å². The van der Waals surface area contributed by atoms with Gasteiger partial charge in [-0.3, -0.25) is 0 Å². The van der Waals surface area contributed by atoms with E-state index in [4.69, 9.17) is 11.6 Å². The molecule has 0 aliphatic carbocycles. The Hall–Kier alpha value is -0.790. The van der Waals surface area contributed by atoms with Crippen LogP contribution in [0.3, 0.4) is 0 Å². The lowest BCUT2D eigenvalue weighted by molar-refractivity contribution is -0.134. The monoisotopic (exact) mass is 301 g/mol. The summed E-state index contributed by atoms with van der Waals surface area (Å²) in [6, 6.07) is 5.39. The largest absolute Gasteiger partial charge is 0.402 e. The number of nitrogens with zero attached hydrogens (tertiary/aromatic N) is 1. The van der Waals surface area contributed by atoms with E-state index >= 15 is 0 Å². The van der Waals surface area contributed by atoms with Crippen LogP contribution in [0.2, 0.25) is 0 Å². The fraction of sp³-hybridized carbons (Fsp3) is 0.400. The van der Waals surface area contributed by atoms with E-state index in [1.54, 1.807) is 0 Å². The number of hydrogen-bond acceptors (Lipinski definition) is 2. The highest BCUT2D eigenvalue weighted by Gasteiger charge is 2.34. The maximum atomic E-state index is 12.1. The Bertz CT molecular complexity index is 499. The van der Waals surface area contributed by atoms with Crippen LogP contribution in [0.4, 0.5) is 13.2 Å². The lowest BCUT2D eigenvalue weighted by Crippen LogP contribution is -2.35. The van der Waals surface area contributed by atoms with Crippen LogP contribution in [0.25, 0.3) is 0 Å². The molecule has 3 nitrogen and oxygen atoms in total. The fourth-order valence-corrected chi connectivity index (χ4v) is 2.60. The highest BCUT2D eigenvalue weighted by atomic mass is 35.5. The molecular weight excluding hydrogens is 291 g/mol. The topological polar surface area (TPSA) is 37.4 Å². The van der Waals surface area contributed by atoms with Gasteiger partial charge in [0.05, 0.1) is 4.90 Å². The van der Waals surface area contributed by atoms with Crippen LogP contribution in [-0.2, 0) is 15.9 Å². The molecule has 0 unspecified atom stereocenters. The first kappa shape index (κ1) is 15.3. The van der Waals surface area contributed by atoms with Gasteiger partial charge >= 0.3 is 6.18 Å². The molecule has 0 spiro atoms. The van der Waals surface area contributed by atoms with Crippen LogP contribution >= 0.6 is 11.6 Å². The Morgan fingerprint density at radius 1 is 1.22 bits per heavy atom. The van der Waals surface area contributed by atoms with Gasteiger partial charge < -0.3 is 0 Å². The Balaban J connectivity index is 2.98. The second-order valence-corrected chi connectivity index (χ2v) is 5.97. The highest BCUT2D eigenvalue weighted by Crippen LogP contribution is 2.21. The lowest BCUT2D eigenvalue weighted by Gasteiger charge is -2.18. The minimum absolute atomic E-state index is 0.192. The zero-order chi connectivity index (χ0) is 14.0. The minimum atomic E-state index is -4.57. The third kappa shape index (κ3) is 3.86. The van der Waals surface area contributed by atoms with E-state index in [0.29, 0.717) is 5.56 Å². The maximum Gasteiger partial charge on any atom is 0.402 e. The molecule has 1 aromatic rings. The number of sulfonamides is 1. The molecule has 0 aliphatic heterocycles. The molecule has 0 fully saturated rings. The van der Waals surface area contributed by atoms with E-state index < -0.39 is 22.7 Å². The Morgan fingerprint density at radius 3 is 2.11 bits per heavy atom. The number of rotatable bonds is 4. The predicted molar refractivity (Wildman–Crippen MR) is 61.9 cm³/mol. The molecule has 0 aromatic heterocycles. The van der Waals surface area contributed by atoms with Crippen molar-refractivity contribution in [3.63, 3.8) is 0 Å². The molecule has 0 N–H and O–H groups in total. The molecule has 0 saturated heterocycles. The van der Waals surface area contributed by atoms with Crippen LogP contribution < -0.4 is 0 Å². The standard InChI is InChI=1S/C10H11ClF3NO2S/c1-15(7-10(12,13)14)18(16,17)9-4-2-8(6-11)3-5-9/h2-5H,6-7H2,1H3. The van der Waals surface area contributed by atoms with Crippen molar-refractivity contribution in [3.8, 4) is 0 Å². The van der Waals surface area contributed by atoms with Crippen molar-refractivity contribution in [2.45, 2.75) is 17.0 Å². The van der Waals surface area contributed by atoms with Crippen molar-refractivity contribution >= 4 is 21.6 Å². The molecule has 1 rings (SSSR count). The third-order valence-electron chi connectivity index (χ3n) is 2.19. The summed E-state index contributed by atoms with van der Waals surface area (Å²) in [7, 11) is -3.24. The molecule has 0 aliphatic rings. The molecule has 0 amide bonds. The molecule has 0 atom stereocenters. The van der Waals surface area contributed by atoms with Gasteiger partial charge in [-0.15, -0.1) is 11.6 Å². The Morgan fingerprint density at radius 2 is 1.72 bits per heavy atom. The summed E-state index contributed by atoms with van der Waals surface area (Å²) in [5, 5.41) is 0. The van der Waals surface area contributed by atoms with Crippen molar-refractivity contribution in [2.75, 3.05) is 13.6 Å². The number of halogens is 4. The first-order chi connectivity index (χ1) is 8.16. The molecule has 0 bridgehead atoms. The van der Waals surface area contributed by atoms with Crippen molar-refractivity contribution in [3.05, 3.63) is 29.8 Å². The van der Waals surface area contributed by atoms with Gasteiger partial charge in [0.25, 0.3) is 0 Å². The van der Waals surface area contributed by atoms with E-state index in [1.807, 2.05) is 0 Å². The van der Waals surface area contributed by atoms with Crippen molar-refractivity contribution in [1.29, 1.82) is 0 Å². The van der Waals surface area contributed by atoms with Gasteiger partial charge in [-0.05, 0) is 17.7 Å². The molecule has 18 heavy (non-hydrogen) atoms. The summed E-state index contributed by atoms with van der Waals surface area (Å²) < 4.78 is 60.3. The quantitative estimate of drug-likeness (QED) is 0.802. The zero-order valence-electron chi connectivity index (χ0n) is 9.41. The molecule has 102 valence electrons. The Labute approximate surface area is 108 Å². The average Bonchev–Trinajstić information content (AvgIpc) is 2.27. The normalized spacial score (nSPS) is 13.0. The van der Waals surface area contributed by atoms with Gasteiger partial charge in [0.1, 0.15) is 6.54 Å². The van der Waals surface area contributed by atoms with Crippen LogP contribution in [-0.4, -0.2) is 32.5 Å². The second kappa shape index (κ2) is 5.46. The van der Waals surface area contributed by atoms with Gasteiger partial charge in [0.15, 0.2) is 0 Å². The SMILES string of the molecule is CN(CC(F)(F)F)S(=O)(=O)c1ccc(CCl)cc1. The van der Waals surface area contributed by atoms with Crippen molar-refractivity contribution in [1.82, 2.24) is 4.31 Å². The average molecular weight is 302 g/mol. The molecule has 1 aromatic carbocycles. The van der Waals surface area contributed by atoms with Crippen LogP contribution in [0.1, 0.15) is 5.56 Å². The second-order valence-electron chi connectivity index (χ2n) is 3.65. The van der Waals surface area contributed by atoms with E-state index in [-0.39, 0.29) is 15.1 Å². The summed E-state index contributed by atoms with van der Waals surface area (Å²) in [5.74, 6) is 0.207. The molecular formula is C10H11ClF3NO2S. The van der Waals surface area contributed by atoms with E-state index in [9.17, 15) is 21.6 Å². The first-order valence-electron chi connectivity index (χ1n) is 4.85. The lowest BCUT2D eigenvalue weighted by atomic mass is 10.2. The number of benzene rings is 1. The number of hydrogen-bond donors (Lipinski definition) is 0. The van der Waals surface area contributed by atoms with Crippen LogP contribution in [0.5, 0.6) is 0 Å². The summed E-state index contributed by atoms with van der Waals surface area (Å²) in [5.41, 5.74) is 0.689. The third-order valence-corrected chi connectivity index (χ3v) is 4.31. The predicted octanol–water partition coefficient (Wildman–Crippen LogP) is 2.61. The molecule has 8 heteroatoms. The van der Waals surface area contributed by atoms with E-state index in [1.165, 1.54) is 24.3 Å². The number of alkyl halides is 4.